The summed E-state index contributed by atoms with van der Waals surface area (Å²) >= 11 is 1.74. The number of piperidine rings is 1. The monoisotopic (exact) mass is 432 g/mol. The lowest BCUT2D eigenvalue weighted by Crippen LogP contribution is -2.23. The van der Waals surface area contributed by atoms with E-state index in [0.29, 0.717) is 0 Å². The Morgan fingerprint density at radius 2 is 1.61 bits per heavy atom. The van der Waals surface area contributed by atoms with Crippen LogP contribution in [0, 0.1) is 11.8 Å². The van der Waals surface area contributed by atoms with Crippen molar-refractivity contribution in [1.82, 2.24) is 15.0 Å². The van der Waals surface area contributed by atoms with Crippen molar-refractivity contribution in [2.45, 2.75) is 30.1 Å². The van der Waals surface area contributed by atoms with Gasteiger partial charge in [-0.25, -0.2) is 9.97 Å². The fourth-order valence-electron chi connectivity index (χ4n) is 4.12. The molecule has 6 heteroatoms. The molecular weight excluding hydrogens is 404 g/mol. The SMILES string of the molecule is COc1ccc(-c2ccc(SC)cc2)nc1.c1nc(N2CC3C[C@@H]3C2)ncc1C1CC1. The molecule has 0 amide bonds. The van der Waals surface area contributed by atoms with Crippen LogP contribution in [0.3, 0.4) is 0 Å². The molecule has 2 atom stereocenters. The molecular formula is C25H28N4OS. The molecule has 0 bridgehead atoms. The number of fused-ring (bicyclic) bond motifs is 1. The first-order chi connectivity index (χ1) is 15.2. The highest BCUT2D eigenvalue weighted by atomic mass is 32.2. The van der Waals surface area contributed by atoms with Crippen molar-refractivity contribution in [3.8, 4) is 17.0 Å². The van der Waals surface area contributed by atoms with Crippen molar-refractivity contribution in [3.63, 3.8) is 0 Å². The molecule has 0 spiro atoms. The highest BCUT2D eigenvalue weighted by Crippen LogP contribution is 2.46. The van der Waals surface area contributed by atoms with E-state index in [-0.39, 0.29) is 0 Å². The Morgan fingerprint density at radius 1 is 0.903 bits per heavy atom. The standard InChI is InChI=1S/C13H13NOS.C12H15N3/c1-15-11-5-8-13(14-9-11)10-3-6-12(16-2)7-4-10;1-2-8(1)11-4-13-12(14-5-11)15-6-9-3-10(9)7-15/h3-9H,1-2H3;4-5,8-10H,1-3,6-7H2/t;9-,10?/m.1/s1. The van der Waals surface area contributed by atoms with Gasteiger partial charge in [0.15, 0.2) is 0 Å². The van der Waals surface area contributed by atoms with Crippen LogP contribution in [-0.4, -0.2) is 41.4 Å². The van der Waals surface area contributed by atoms with Gasteiger partial charge in [0, 0.05) is 35.9 Å². The van der Waals surface area contributed by atoms with Crippen molar-refractivity contribution < 1.29 is 4.74 Å². The van der Waals surface area contributed by atoms with Gasteiger partial charge in [-0.1, -0.05) is 12.1 Å². The lowest BCUT2D eigenvalue weighted by Gasteiger charge is -2.17. The summed E-state index contributed by atoms with van der Waals surface area (Å²) in [4.78, 5) is 16.9. The topological polar surface area (TPSA) is 51.1 Å². The first-order valence-corrected chi connectivity index (χ1v) is 12.2. The molecule has 5 nitrogen and oxygen atoms in total. The van der Waals surface area contributed by atoms with Crippen LogP contribution in [0.5, 0.6) is 5.75 Å². The second-order valence-electron chi connectivity index (χ2n) is 8.56. The van der Waals surface area contributed by atoms with Crippen LogP contribution in [-0.2, 0) is 0 Å². The van der Waals surface area contributed by atoms with Crippen LogP contribution >= 0.6 is 11.8 Å². The number of hydrogen-bond donors (Lipinski definition) is 0. The van der Waals surface area contributed by atoms with Gasteiger partial charge in [0.2, 0.25) is 5.95 Å². The van der Waals surface area contributed by atoms with E-state index in [1.54, 1.807) is 25.1 Å². The number of pyridine rings is 1. The molecule has 1 aromatic carbocycles. The second-order valence-corrected chi connectivity index (χ2v) is 9.44. The molecule has 0 radical (unpaired) electrons. The zero-order chi connectivity index (χ0) is 21.2. The van der Waals surface area contributed by atoms with E-state index in [0.717, 1.165) is 40.7 Å². The molecule has 1 unspecified atom stereocenters. The quantitative estimate of drug-likeness (QED) is 0.511. The summed E-state index contributed by atoms with van der Waals surface area (Å²) in [6.45, 7) is 2.38. The fraction of sp³-hybridized carbons (Fsp3) is 0.400. The van der Waals surface area contributed by atoms with Crippen LogP contribution in [0.25, 0.3) is 11.3 Å². The molecule has 1 aliphatic heterocycles. The number of aromatic nitrogens is 3. The Labute approximate surface area is 188 Å². The maximum atomic E-state index is 5.08. The number of rotatable bonds is 5. The van der Waals surface area contributed by atoms with Crippen LogP contribution < -0.4 is 9.64 Å². The number of nitrogens with zero attached hydrogens (tertiary/aromatic N) is 4. The molecule has 2 aromatic heterocycles. The maximum absolute atomic E-state index is 5.08. The average molecular weight is 433 g/mol. The Bertz CT molecular complexity index is 948. The van der Waals surface area contributed by atoms with E-state index < -0.39 is 0 Å². The van der Waals surface area contributed by atoms with E-state index in [4.69, 9.17) is 4.74 Å². The predicted molar refractivity (Wildman–Crippen MR) is 126 cm³/mol. The summed E-state index contributed by atoms with van der Waals surface area (Å²) in [5, 5.41) is 0. The van der Waals surface area contributed by atoms with E-state index in [2.05, 4.69) is 50.4 Å². The minimum absolute atomic E-state index is 0.769. The Kier molecular flexibility index (Phi) is 5.81. The van der Waals surface area contributed by atoms with Crippen LogP contribution in [0.1, 0.15) is 30.7 Å². The van der Waals surface area contributed by atoms with E-state index >= 15 is 0 Å². The zero-order valence-corrected chi connectivity index (χ0v) is 18.9. The van der Waals surface area contributed by atoms with E-state index in [1.807, 2.05) is 24.5 Å². The minimum atomic E-state index is 0.769. The van der Waals surface area contributed by atoms with Crippen molar-refractivity contribution in [1.29, 1.82) is 0 Å². The summed E-state index contributed by atoms with van der Waals surface area (Å²) in [7, 11) is 1.64. The summed E-state index contributed by atoms with van der Waals surface area (Å²) < 4.78 is 5.08. The zero-order valence-electron chi connectivity index (χ0n) is 18.1. The lowest BCUT2D eigenvalue weighted by molar-refractivity contribution is 0.413. The number of benzene rings is 1. The molecule has 2 aliphatic carbocycles. The first-order valence-electron chi connectivity index (χ1n) is 10.9. The van der Waals surface area contributed by atoms with Crippen molar-refractivity contribution in [2.24, 2.45) is 11.8 Å². The van der Waals surface area contributed by atoms with Crippen LogP contribution in [0.15, 0.2) is 59.9 Å². The molecule has 1 saturated heterocycles. The summed E-state index contributed by atoms with van der Waals surface area (Å²) in [5.41, 5.74) is 3.43. The Morgan fingerprint density at radius 3 is 2.16 bits per heavy atom. The van der Waals surface area contributed by atoms with Gasteiger partial charge in [-0.15, -0.1) is 11.8 Å². The second kappa shape index (κ2) is 8.87. The number of methoxy groups -OCH3 is 1. The summed E-state index contributed by atoms with van der Waals surface area (Å²) in [5.74, 6) is 4.41. The van der Waals surface area contributed by atoms with Gasteiger partial charge in [0.1, 0.15) is 5.75 Å². The molecule has 6 rings (SSSR count). The normalized spacial score (nSPS) is 21.2. The average Bonchev–Trinajstić information content (AvgIpc) is 3.78. The summed E-state index contributed by atoms with van der Waals surface area (Å²) in [6.07, 6.45) is 12.0. The Hall–Kier alpha value is -2.60. The number of thioether (sulfide) groups is 1. The van der Waals surface area contributed by atoms with Gasteiger partial charge in [0.25, 0.3) is 0 Å². The molecule has 160 valence electrons. The van der Waals surface area contributed by atoms with Gasteiger partial charge in [-0.2, -0.15) is 0 Å². The predicted octanol–water partition coefficient (Wildman–Crippen LogP) is 5.29. The van der Waals surface area contributed by atoms with Crippen molar-refractivity contribution in [3.05, 3.63) is 60.6 Å². The van der Waals surface area contributed by atoms with Gasteiger partial charge in [-0.05, 0) is 73.1 Å². The third-order valence-corrected chi connectivity index (χ3v) is 7.07. The molecule has 0 N–H and O–H groups in total. The smallest absolute Gasteiger partial charge is 0.225 e. The highest BCUT2D eigenvalue weighted by Gasteiger charge is 2.45. The van der Waals surface area contributed by atoms with E-state index in [1.165, 1.54) is 42.8 Å². The Balaban J connectivity index is 0.000000132. The summed E-state index contributed by atoms with van der Waals surface area (Å²) in [6, 6.07) is 12.3. The van der Waals surface area contributed by atoms with Gasteiger partial charge < -0.3 is 9.64 Å². The van der Waals surface area contributed by atoms with Crippen LogP contribution in [0.4, 0.5) is 5.95 Å². The molecule has 3 heterocycles. The highest BCUT2D eigenvalue weighted by molar-refractivity contribution is 7.98. The molecule has 2 saturated carbocycles. The van der Waals surface area contributed by atoms with Gasteiger partial charge >= 0.3 is 0 Å². The first kappa shape index (κ1) is 20.3. The van der Waals surface area contributed by atoms with Crippen LogP contribution in [0.2, 0.25) is 0 Å². The minimum Gasteiger partial charge on any atom is -0.495 e. The molecule has 3 fully saturated rings. The number of ether oxygens (including phenoxy) is 1. The molecule has 31 heavy (non-hydrogen) atoms. The van der Waals surface area contributed by atoms with Gasteiger partial charge in [0.05, 0.1) is 19.0 Å². The lowest BCUT2D eigenvalue weighted by atomic mass is 10.1. The number of hydrogen-bond acceptors (Lipinski definition) is 6. The fourth-order valence-corrected chi connectivity index (χ4v) is 4.53. The van der Waals surface area contributed by atoms with Gasteiger partial charge in [-0.3, -0.25) is 4.98 Å². The maximum Gasteiger partial charge on any atom is 0.225 e. The molecule has 3 aromatic rings. The number of anilines is 1. The molecule has 3 aliphatic rings. The van der Waals surface area contributed by atoms with Crippen molar-refractivity contribution in [2.75, 3.05) is 31.4 Å². The largest absolute Gasteiger partial charge is 0.495 e. The third-order valence-electron chi connectivity index (χ3n) is 6.33. The third kappa shape index (κ3) is 4.85. The van der Waals surface area contributed by atoms with E-state index in [9.17, 15) is 0 Å². The van der Waals surface area contributed by atoms with Crippen molar-refractivity contribution >= 4 is 17.7 Å².